The Labute approximate surface area is 53.9 Å². The van der Waals surface area contributed by atoms with E-state index in [9.17, 15) is 4.79 Å². The summed E-state index contributed by atoms with van der Waals surface area (Å²) in [5.74, 6) is -0.373. The summed E-state index contributed by atoms with van der Waals surface area (Å²) < 4.78 is 0. The molecule has 0 spiro atoms. The van der Waals surface area contributed by atoms with Gasteiger partial charge in [-0.25, -0.2) is 4.79 Å². The van der Waals surface area contributed by atoms with E-state index in [0.717, 1.165) is 12.8 Å². The molecule has 0 aromatic rings. The number of rotatable bonds is 2. The summed E-state index contributed by atoms with van der Waals surface area (Å²) in [5, 5.41) is 0. The summed E-state index contributed by atoms with van der Waals surface area (Å²) in [6, 6.07) is 0. The Balaban J connectivity index is 1.97. The van der Waals surface area contributed by atoms with Crippen molar-refractivity contribution in [3.05, 3.63) is 0 Å². The molecule has 1 aliphatic rings. The molecule has 0 atom stereocenters. The monoisotopic (exact) mass is 130 g/mol. The largest absolute Gasteiger partial charge is 0.339 e. The average Bonchev–Trinajstić information content (AvgIpc) is 1.60. The van der Waals surface area contributed by atoms with Crippen LogP contribution in [0.4, 0.5) is 0 Å². The highest BCUT2D eigenvalue weighted by atomic mass is 17.2. The van der Waals surface area contributed by atoms with Crippen LogP contribution in [0.3, 0.4) is 0 Å². The van der Waals surface area contributed by atoms with Gasteiger partial charge in [-0.2, -0.15) is 4.89 Å². The van der Waals surface area contributed by atoms with Crippen LogP contribution in [-0.2, 0) is 14.6 Å². The minimum atomic E-state index is -0.373. The summed E-state index contributed by atoms with van der Waals surface area (Å²) in [6.07, 6.45) is 3.40. The van der Waals surface area contributed by atoms with Crippen LogP contribution < -0.4 is 0 Å². The first-order valence-electron chi connectivity index (χ1n) is 3.13. The maximum Gasteiger partial charge on any atom is 0.339 e. The van der Waals surface area contributed by atoms with Crippen molar-refractivity contribution in [3.8, 4) is 0 Å². The van der Waals surface area contributed by atoms with Gasteiger partial charge in [-0.1, -0.05) is 0 Å². The molecule has 0 aromatic heterocycles. The molecule has 1 saturated carbocycles. The minimum absolute atomic E-state index is 0.175. The predicted molar refractivity (Wildman–Crippen MR) is 30.5 cm³/mol. The van der Waals surface area contributed by atoms with Crippen molar-refractivity contribution in [1.82, 2.24) is 0 Å². The van der Waals surface area contributed by atoms with E-state index in [2.05, 4.69) is 9.78 Å². The molecule has 0 N–H and O–H groups in total. The van der Waals surface area contributed by atoms with E-state index in [1.807, 2.05) is 0 Å². The highest BCUT2D eigenvalue weighted by Gasteiger charge is 2.19. The van der Waals surface area contributed by atoms with Gasteiger partial charge in [0.15, 0.2) is 0 Å². The van der Waals surface area contributed by atoms with Gasteiger partial charge in [-0.3, -0.25) is 4.89 Å². The van der Waals surface area contributed by atoms with Gasteiger partial charge in [0.25, 0.3) is 0 Å². The van der Waals surface area contributed by atoms with Crippen LogP contribution in [0.25, 0.3) is 0 Å². The van der Waals surface area contributed by atoms with E-state index in [1.165, 1.54) is 13.3 Å². The van der Waals surface area contributed by atoms with E-state index < -0.39 is 0 Å². The summed E-state index contributed by atoms with van der Waals surface area (Å²) in [4.78, 5) is 19.1. The topological polar surface area (TPSA) is 35.5 Å². The zero-order valence-corrected chi connectivity index (χ0v) is 5.42. The zero-order chi connectivity index (χ0) is 6.69. The maximum atomic E-state index is 10.1. The Hall–Kier alpha value is -0.570. The fourth-order valence-corrected chi connectivity index (χ4v) is 0.603. The standard InChI is InChI=1S/C6H10O3/c1-5(7)8-9-6-3-2-4-6/h6H,2-4H2,1H3. The van der Waals surface area contributed by atoms with E-state index in [-0.39, 0.29) is 12.1 Å². The molecule has 1 rings (SSSR count). The molecule has 0 saturated heterocycles. The first-order chi connectivity index (χ1) is 4.29. The number of carbonyl (C=O) groups is 1. The van der Waals surface area contributed by atoms with Gasteiger partial charge >= 0.3 is 5.97 Å². The van der Waals surface area contributed by atoms with Crippen molar-refractivity contribution in [2.45, 2.75) is 32.3 Å². The lowest BCUT2D eigenvalue weighted by Crippen LogP contribution is -2.22. The van der Waals surface area contributed by atoms with Crippen LogP contribution in [0, 0.1) is 0 Å². The molecule has 1 fully saturated rings. The second-order valence-electron chi connectivity index (χ2n) is 2.22. The van der Waals surface area contributed by atoms with Gasteiger partial charge in [0, 0.05) is 6.92 Å². The minimum Gasteiger partial charge on any atom is -0.298 e. The second kappa shape index (κ2) is 2.82. The second-order valence-corrected chi connectivity index (χ2v) is 2.22. The molecule has 0 amide bonds. The Morgan fingerprint density at radius 2 is 2.22 bits per heavy atom. The molecule has 0 aromatic carbocycles. The van der Waals surface area contributed by atoms with Gasteiger partial charge in [0.1, 0.15) is 6.10 Å². The Bertz CT molecular complexity index is 107. The molecule has 9 heavy (non-hydrogen) atoms. The molecule has 0 radical (unpaired) electrons. The lowest BCUT2D eigenvalue weighted by atomic mass is 9.97. The van der Waals surface area contributed by atoms with Crippen molar-refractivity contribution in [2.75, 3.05) is 0 Å². The maximum absolute atomic E-state index is 10.1. The SMILES string of the molecule is CC(=O)OOC1CCC1. The third-order valence-electron chi connectivity index (χ3n) is 1.35. The molecule has 3 heteroatoms. The van der Waals surface area contributed by atoms with Crippen molar-refractivity contribution < 1.29 is 14.6 Å². The molecular formula is C6H10O3. The van der Waals surface area contributed by atoms with Crippen molar-refractivity contribution in [3.63, 3.8) is 0 Å². The van der Waals surface area contributed by atoms with Crippen LogP contribution in [0.1, 0.15) is 26.2 Å². The van der Waals surface area contributed by atoms with Crippen molar-refractivity contribution >= 4 is 5.97 Å². The fraction of sp³-hybridized carbons (Fsp3) is 0.833. The molecule has 0 bridgehead atoms. The lowest BCUT2D eigenvalue weighted by molar-refractivity contribution is -0.308. The molecule has 0 heterocycles. The summed E-state index contributed by atoms with van der Waals surface area (Å²) in [7, 11) is 0. The van der Waals surface area contributed by atoms with E-state index in [4.69, 9.17) is 0 Å². The molecule has 52 valence electrons. The third kappa shape index (κ3) is 2.01. The van der Waals surface area contributed by atoms with Crippen LogP contribution in [0.5, 0.6) is 0 Å². The van der Waals surface area contributed by atoms with Crippen molar-refractivity contribution in [2.24, 2.45) is 0 Å². The fourth-order valence-electron chi connectivity index (χ4n) is 0.603. The summed E-state index contributed by atoms with van der Waals surface area (Å²) >= 11 is 0. The summed E-state index contributed by atoms with van der Waals surface area (Å²) in [6.45, 7) is 1.33. The van der Waals surface area contributed by atoms with Gasteiger partial charge in [-0.05, 0) is 19.3 Å². The molecule has 0 unspecified atom stereocenters. The quantitative estimate of drug-likeness (QED) is 0.413. The Morgan fingerprint density at radius 1 is 1.56 bits per heavy atom. The average molecular weight is 130 g/mol. The molecular weight excluding hydrogens is 120 g/mol. The molecule has 1 aliphatic carbocycles. The van der Waals surface area contributed by atoms with E-state index in [1.54, 1.807) is 0 Å². The number of hydrogen-bond donors (Lipinski definition) is 0. The normalized spacial score (nSPS) is 18.8. The smallest absolute Gasteiger partial charge is 0.298 e. The van der Waals surface area contributed by atoms with Crippen molar-refractivity contribution in [1.29, 1.82) is 0 Å². The Kier molecular flexibility index (Phi) is 2.05. The van der Waals surface area contributed by atoms with Gasteiger partial charge in [0.05, 0.1) is 0 Å². The lowest BCUT2D eigenvalue weighted by Gasteiger charge is -2.22. The highest BCUT2D eigenvalue weighted by Crippen LogP contribution is 2.21. The third-order valence-corrected chi connectivity index (χ3v) is 1.35. The number of hydrogen-bond acceptors (Lipinski definition) is 3. The number of carbonyl (C=O) groups excluding carboxylic acids is 1. The summed E-state index contributed by atoms with van der Waals surface area (Å²) in [5.41, 5.74) is 0. The zero-order valence-electron chi connectivity index (χ0n) is 5.42. The highest BCUT2D eigenvalue weighted by molar-refractivity contribution is 5.65. The molecule has 3 nitrogen and oxygen atoms in total. The van der Waals surface area contributed by atoms with Crippen LogP contribution in [-0.4, -0.2) is 12.1 Å². The van der Waals surface area contributed by atoms with E-state index in [0.29, 0.717) is 0 Å². The van der Waals surface area contributed by atoms with Crippen LogP contribution in [0.2, 0.25) is 0 Å². The Morgan fingerprint density at radius 3 is 2.56 bits per heavy atom. The van der Waals surface area contributed by atoms with E-state index >= 15 is 0 Å². The predicted octanol–water partition coefficient (Wildman–Crippen LogP) is 1.03. The first-order valence-corrected chi connectivity index (χ1v) is 3.13. The van der Waals surface area contributed by atoms with Crippen LogP contribution >= 0.6 is 0 Å². The van der Waals surface area contributed by atoms with Gasteiger partial charge < -0.3 is 0 Å². The first kappa shape index (κ1) is 6.55. The van der Waals surface area contributed by atoms with Gasteiger partial charge in [0.2, 0.25) is 0 Å². The molecule has 0 aliphatic heterocycles. The van der Waals surface area contributed by atoms with Gasteiger partial charge in [-0.15, -0.1) is 0 Å². The van der Waals surface area contributed by atoms with Crippen LogP contribution in [0.15, 0.2) is 0 Å².